The molecule has 1 heterocycles. The fourth-order valence-corrected chi connectivity index (χ4v) is 5.04. The molecule has 0 unspecified atom stereocenters. The molecule has 28 heavy (non-hydrogen) atoms. The van der Waals surface area contributed by atoms with E-state index in [1.165, 1.54) is 0 Å². The third-order valence-corrected chi connectivity index (χ3v) is 7.31. The van der Waals surface area contributed by atoms with Gasteiger partial charge in [0.25, 0.3) is 5.91 Å². The van der Waals surface area contributed by atoms with Crippen molar-refractivity contribution in [3.8, 4) is 0 Å². The molecule has 7 heteroatoms. The van der Waals surface area contributed by atoms with Crippen molar-refractivity contribution in [1.82, 2.24) is 9.62 Å². The normalized spacial score (nSPS) is 17.7. The Hall–Kier alpha value is -1.96. The van der Waals surface area contributed by atoms with Crippen molar-refractivity contribution in [3.05, 3.63) is 42.5 Å². The number of fused-ring (bicyclic) bond motifs is 1. The molecule has 0 saturated carbocycles. The maximum Gasteiger partial charge on any atom is 0.278 e. The number of sulfonamides is 1. The molecule has 2 aromatic carbocycles. The number of hydrogen-bond donors (Lipinski definition) is 2. The first-order valence-corrected chi connectivity index (χ1v) is 11.3. The lowest BCUT2D eigenvalue weighted by Crippen LogP contribution is -3.19. The van der Waals surface area contributed by atoms with Gasteiger partial charge in [-0.2, -0.15) is 4.31 Å². The van der Waals surface area contributed by atoms with Crippen LogP contribution in [0.1, 0.15) is 20.8 Å². The lowest BCUT2D eigenvalue weighted by Gasteiger charge is -2.34. The van der Waals surface area contributed by atoms with Gasteiger partial charge in [0, 0.05) is 6.54 Å². The molecule has 1 saturated heterocycles. The van der Waals surface area contributed by atoms with Gasteiger partial charge < -0.3 is 10.2 Å². The van der Waals surface area contributed by atoms with Crippen LogP contribution in [0.4, 0.5) is 0 Å². The first-order valence-electron chi connectivity index (χ1n) is 9.90. The van der Waals surface area contributed by atoms with Crippen molar-refractivity contribution in [2.75, 3.05) is 32.7 Å². The van der Waals surface area contributed by atoms with E-state index in [1.807, 2.05) is 37.3 Å². The molecular formula is C21H30N3O3S+. The molecule has 0 radical (unpaired) electrons. The molecule has 0 bridgehead atoms. The van der Waals surface area contributed by atoms with E-state index < -0.39 is 10.0 Å². The van der Waals surface area contributed by atoms with Crippen LogP contribution in [0.15, 0.2) is 47.4 Å². The highest BCUT2D eigenvalue weighted by atomic mass is 32.2. The van der Waals surface area contributed by atoms with Gasteiger partial charge in [-0.15, -0.1) is 0 Å². The Morgan fingerprint density at radius 2 is 1.71 bits per heavy atom. The molecule has 2 aromatic rings. The average Bonchev–Trinajstić information content (AvgIpc) is 2.71. The van der Waals surface area contributed by atoms with Crippen LogP contribution in [0.25, 0.3) is 10.8 Å². The number of nitrogens with one attached hydrogen (secondary N) is 2. The van der Waals surface area contributed by atoms with Crippen LogP contribution in [0.2, 0.25) is 0 Å². The Bertz CT molecular complexity index is 935. The summed E-state index contributed by atoms with van der Waals surface area (Å²) in [5, 5.41) is 4.92. The molecule has 1 aliphatic rings. The van der Waals surface area contributed by atoms with Crippen LogP contribution in [0, 0.1) is 5.92 Å². The molecular weight excluding hydrogens is 374 g/mol. The van der Waals surface area contributed by atoms with Crippen molar-refractivity contribution in [1.29, 1.82) is 0 Å². The first-order chi connectivity index (χ1) is 13.3. The molecule has 1 fully saturated rings. The Morgan fingerprint density at radius 3 is 2.36 bits per heavy atom. The van der Waals surface area contributed by atoms with Crippen LogP contribution >= 0.6 is 0 Å². The number of amides is 1. The number of hydrogen-bond acceptors (Lipinski definition) is 3. The second-order valence-corrected chi connectivity index (χ2v) is 9.87. The van der Waals surface area contributed by atoms with Crippen LogP contribution in [0.3, 0.4) is 0 Å². The second-order valence-electron chi connectivity index (χ2n) is 7.93. The summed E-state index contributed by atoms with van der Waals surface area (Å²) in [4.78, 5) is 13.8. The molecule has 1 amide bonds. The molecule has 2 N–H and O–H groups in total. The van der Waals surface area contributed by atoms with Crippen LogP contribution in [-0.4, -0.2) is 57.4 Å². The van der Waals surface area contributed by atoms with Gasteiger partial charge in [-0.1, -0.05) is 44.2 Å². The van der Waals surface area contributed by atoms with Gasteiger partial charge in [0.1, 0.15) is 0 Å². The maximum absolute atomic E-state index is 13.1. The predicted octanol–water partition coefficient (Wildman–Crippen LogP) is 0.890. The number of carbonyl (C=O) groups excluding carboxylic acids is 1. The number of quaternary nitrogens is 1. The Kier molecular flexibility index (Phi) is 6.37. The van der Waals surface area contributed by atoms with E-state index >= 15 is 0 Å². The number of carbonyl (C=O) groups is 1. The van der Waals surface area contributed by atoms with Crippen molar-refractivity contribution in [2.45, 2.75) is 31.7 Å². The SMILES string of the molecule is CC(C)CNC(=O)[C@@H](C)[NH+]1CCN(S(=O)(=O)c2ccc3ccccc3c2)CC1. The molecule has 6 nitrogen and oxygen atoms in total. The topological polar surface area (TPSA) is 70.9 Å². The Labute approximate surface area is 167 Å². The zero-order chi connectivity index (χ0) is 20.3. The third kappa shape index (κ3) is 4.54. The molecule has 3 rings (SSSR count). The summed E-state index contributed by atoms with van der Waals surface area (Å²) in [6, 6.07) is 12.8. The summed E-state index contributed by atoms with van der Waals surface area (Å²) in [5.74, 6) is 0.449. The van der Waals surface area contributed by atoms with Gasteiger partial charge in [0.2, 0.25) is 10.0 Å². The summed E-state index contributed by atoms with van der Waals surface area (Å²) in [6.07, 6.45) is 0. The highest BCUT2D eigenvalue weighted by Gasteiger charge is 2.34. The fourth-order valence-electron chi connectivity index (χ4n) is 3.57. The van der Waals surface area contributed by atoms with Crippen molar-refractivity contribution in [3.63, 3.8) is 0 Å². The summed E-state index contributed by atoms with van der Waals surface area (Å²) < 4.78 is 27.7. The number of nitrogens with zero attached hydrogens (tertiary/aromatic N) is 1. The minimum absolute atomic E-state index is 0.0366. The van der Waals surface area contributed by atoms with Gasteiger partial charge in [0.15, 0.2) is 6.04 Å². The zero-order valence-corrected chi connectivity index (χ0v) is 17.6. The van der Waals surface area contributed by atoms with Gasteiger partial charge in [0.05, 0.1) is 31.1 Å². The Balaban J connectivity index is 1.65. The van der Waals surface area contributed by atoms with Crippen molar-refractivity contribution in [2.24, 2.45) is 5.92 Å². The molecule has 0 aromatic heterocycles. The van der Waals surface area contributed by atoms with Gasteiger partial charge in [-0.05, 0) is 35.7 Å². The summed E-state index contributed by atoms with van der Waals surface area (Å²) in [7, 11) is -3.52. The summed E-state index contributed by atoms with van der Waals surface area (Å²) in [5.41, 5.74) is 0. The molecule has 0 spiro atoms. The van der Waals surface area contributed by atoms with E-state index in [2.05, 4.69) is 19.2 Å². The zero-order valence-electron chi connectivity index (χ0n) is 16.8. The highest BCUT2D eigenvalue weighted by molar-refractivity contribution is 7.89. The lowest BCUT2D eigenvalue weighted by molar-refractivity contribution is -0.917. The smallest absolute Gasteiger partial charge is 0.278 e. The quantitative estimate of drug-likeness (QED) is 0.751. The van der Waals surface area contributed by atoms with Crippen LogP contribution < -0.4 is 10.2 Å². The molecule has 152 valence electrons. The molecule has 0 aliphatic carbocycles. The monoisotopic (exact) mass is 404 g/mol. The van der Waals surface area contributed by atoms with Crippen molar-refractivity contribution < 1.29 is 18.1 Å². The first kappa shape index (κ1) is 20.8. The molecule has 1 atom stereocenters. The van der Waals surface area contributed by atoms with E-state index in [0.29, 0.717) is 43.5 Å². The van der Waals surface area contributed by atoms with Gasteiger partial charge >= 0.3 is 0 Å². The van der Waals surface area contributed by atoms with Gasteiger partial charge in [-0.3, -0.25) is 4.79 Å². The second kappa shape index (κ2) is 8.59. The Morgan fingerprint density at radius 1 is 1.07 bits per heavy atom. The van der Waals surface area contributed by atoms with E-state index in [-0.39, 0.29) is 11.9 Å². The highest BCUT2D eigenvalue weighted by Crippen LogP contribution is 2.21. The van der Waals surface area contributed by atoms with Crippen LogP contribution in [0.5, 0.6) is 0 Å². The maximum atomic E-state index is 13.1. The summed E-state index contributed by atoms with van der Waals surface area (Å²) in [6.45, 7) is 8.81. The number of piperazine rings is 1. The lowest BCUT2D eigenvalue weighted by atomic mass is 10.1. The van der Waals surface area contributed by atoms with Crippen LogP contribution in [-0.2, 0) is 14.8 Å². The van der Waals surface area contributed by atoms with E-state index in [0.717, 1.165) is 15.7 Å². The molecule has 1 aliphatic heterocycles. The minimum atomic E-state index is -3.52. The largest absolute Gasteiger partial charge is 0.351 e. The predicted molar refractivity (Wildman–Crippen MR) is 111 cm³/mol. The van der Waals surface area contributed by atoms with E-state index in [9.17, 15) is 13.2 Å². The average molecular weight is 405 g/mol. The summed E-state index contributed by atoms with van der Waals surface area (Å²) >= 11 is 0. The van der Waals surface area contributed by atoms with Gasteiger partial charge in [-0.25, -0.2) is 8.42 Å². The minimum Gasteiger partial charge on any atom is -0.351 e. The van der Waals surface area contributed by atoms with E-state index in [4.69, 9.17) is 0 Å². The third-order valence-electron chi connectivity index (χ3n) is 5.41. The number of rotatable bonds is 6. The van der Waals surface area contributed by atoms with Crippen molar-refractivity contribution >= 4 is 26.7 Å². The fraction of sp³-hybridized carbons (Fsp3) is 0.476. The van der Waals surface area contributed by atoms with E-state index in [1.54, 1.807) is 16.4 Å². The number of benzene rings is 2. The standard InChI is InChI=1S/C21H29N3O3S/c1-16(2)15-22-21(25)17(3)23-10-12-24(13-11-23)28(26,27)20-9-8-18-6-4-5-7-19(18)14-20/h4-9,14,16-17H,10-13,15H2,1-3H3,(H,22,25)/p+1/t17-/m1/s1.